The standard InChI is InChI=1S/C21H23BrN2O6/c1-13(25)23-17-10-19(29-4)18(28-3)9-15(17)21(27)30-12-20(26)24(2)11-14-7-5-6-8-16(14)22/h5-10H,11-12H2,1-4H3,(H,23,25). The van der Waals surface area contributed by atoms with E-state index in [1.807, 2.05) is 24.3 Å². The molecule has 0 radical (unpaired) electrons. The third-order valence-electron chi connectivity index (χ3n) is 4.17. The molecule has 9 heteroatoms. The number of methoxy groups -OCH3 is 2. The number of esters is 1. The molecule has 0 bridgehead atoms. The molecule has 0 atom stereocenters. The van der Waals surface area contributed by atoms with Crippen LogP contribution in [0.3, 0.4) is 0 Å². The number of carbonyl (C=O) groups is 3. The van der Waals surface area contributed by atoms with Crippen LogP contribution in [0.1, 0.15) is 22.8 Å². The first-order valence-electron chi connectivity index (χ1n) is 8.95. The molecule has 2 aromatic rings. The van der Waals surface area contributed by atoms with Crippen molar-refractivity contribution in [3.05, 3.63) is 52.0 Å². The summed E-state index contributed by atoms with van der Waals surface area (Å²) >= 11 is 3.44. The molecule has 0 fully saturated rings. The number of nitrogens with one attached hydrogen (secondary N) is 1. The van der Waals surface area contributed by atoms with Gasteiger partial charge in [-0.25, -0.2) is 4.79 Å². The maximum absolute atomic E-state index is 12.6. The molecule has 0 saturated heterocycles. The predicted octanol–water partition coefficient (Wildman–Crippen LogP) is 3.24. The lowest BCUT2D eigenvalue weighted by Gasteiger charge is -2.18. The highest BCUT2D eigenvalue weighted by atomic mass is 79.9. The predicted molar refractivity (Wildman–Crippen MR) is 115 cm³/mol. The first-order valence-corrected chi connectivity index (χ1v) is 9.74. The number of hydrogen-bond acceptors (Lipinski definition) is 6. The van der Waals surface area contributed by atoms with E-state index in [9.17, 15) is 14.4 Å². The molecule has 30 heavy (non-hydrogen) atoms. The second-order valence-corrected chi connectivity index (χ2v) is 7.21. The summed E-state index contributed by atoms with van der Waals surface area (Å²) in [6.07, 6.45) is 0. The smallest absolute Gasteiger partial charge is 0.340 e. The van der Waals surface area contributed by atoms with Crippen LogP contribution in [-0.4, -0.2) is 50.6 Å². The van der Waals surface area contributed by atoms with Gasteiger partial charge in [-0.3, -0.25) is 9.59 Å². The van der Waals surface area contributed by atoms with Gasteiger partial charge >= 0.3 is 5.97 Å². The molecule has 2 amide bonds. The number of anilines is 1. The number of hydrogen-bond donors (Lipinski definition) is 1. The maximum atomic E-state index is 12.6. The number of amides is 2. The van der Waals surface area contributed by atoms with E-state index in [1.165, 1.54) is 38.2 Å². The van der Waals surface area contributed by atoms with E-state index in [0.717, 1.165) is 10.0 Å². The van der Waals surface area contributed by atoms with Crippen LogP contribution in [-0.2, 0) is 20.9 Å². The average Bonchev–Trinajstić information content (AvgIpc) is 2.72. The quantitative estimate of drug-likeness (QED) is 0.585. The van der Waals surface area contributed by atoms with Crippen LogP contribution in [0.4, 0.5) is 5.69 Å². The highest BCUT2D eigenvalue weighted by Crippen LogP contribution is 2.33. The minimum Gasteiger partial charge on any atom is -0.493 e. The van der Waals surface area contributed by atoms with Gasteiger partial charge in [-0.05, 0) is 11.6 Å². The third-order valence-corrected chi connectivity index (χ3v) is 4.95. The first-order chi connectivity index (χ1) is 14.3. The Morgan fingerprint density at radius 3 is 2.30 bits per heavy atom. The van der Waals surface area contributed by atoms with Gasteiger partial charge in [0.15, 0.2) is 18.1 Å². The number of rotatable bonds is 8. The zero-order chi connectivity index (χ0) is 22.3. The average molecular weight is 479 g/mol. The van der Waals surface area contributed by atoms with Crippen molar-refractivity contribution in [3.8, 4) is 11.5 Å². The fourth-order valence-electron chi connectivity index (χ4n) is 2.63. The van der Waals surface area contributed by atoms with Gasteiger partial charge in [0.1, 0.15) is 0 Å². The van der Waals surface area contributed by atoms with Crippen LogP contribution in [0.2, 0.25) is 0 Å². The molecule has 8 nitrogen and oxygen atoms in total. The number of likely N-dealkylation sites (N-methyl/N-ethyl adjacent to an activating group) is 1. The van der Waals surface area contributed by atoms with Gasteiger partial charge < -0.3 is 24.4 Å². The van der Waals surface area contributed by atoms with Crippen LogP contribution in [0.5, 0.6) is 11.5 Å². The minimum absolute atomic E-state index is 0.0455. The Morgan fingerprint density at radius 2 is 1.70 bits per heavy atom. The Morgan fingerprint density at radius 1 is 1.07 bits per heavy atom. The Labute approximate surface area is 183 Å². The molecule has 0 aliphatic rings. The van der Waals surface area contributed by atoms with Gasteiger partial charge in [-0.2, -0.15) is 0 Å². The van der Waals surface area contributed by atoms with Crippen molar-refractivity contribution in [1.82, 2.24) is 4.90 Å². The zero-order valence-corrected chi connectivity index (χ0v) is 18.7. The lowest BCUT2D eigenvalue weighted by Crippen LogP contribution is -2.31. The van der Waals surface area contributed by atoms with Crippen molar-refractivity contribution in [2.24, 2.45) is 0 Å². The van der Waals surface area contributed by atoms with Crippen molar-refractivity contribution in [2.75, 3.05) is 33.2 Å². The summed E-state index contributed by atoms with van der Waals surface area (Å²) in [6.45, 7) is 1.21. The Bertz CT molecular complexity index is 947. The van der Waals surface area contributed by atoms with Crippen molar-refractivity contribution in [1.29, 1.82) is 0 Å². The van der Waals surface area contributed by atoms with Gasteiger partial charge in [0.25, 0.3) is 5.91 Å². The molecule has 0 aromatic heterocycles. The van der Waals surface area contributed by atoms with Gasteiger partial charge in [-0.15, -0.1) is 0 Å². The van der Waals surface area contributed by atoms with Gasteiger partial charge in [0.2, 0.25) is 5.91 Å². The van der Waals surface area contributed by atoms with Crippen LogP contribution in [0.25, 0.3) is 0 Å². The number of ether oxygens (including phenoxy) is 3. The number of nitrogens with zero attached hydrogens (tertiary/aromatic N) is 1. The normalized spacial score (nSPS) is 10.2. The summed E-state index contributed by atoms with van der Waals surface area (Å²) in [6, 6.07) is 10.4. The SMILES string of the molecule is COc1cc(NC(C)=O)c(C(=O)OCC(=O)N(C)Cc2ccccc2Br)cc1OC. The minimum atomic E-state index is -0.776. The monoisotopic (exact) mass is 478 g/mol. The Balaban J connectivity index is 2.11. The molecule has 160 valence electrons. The van der Waals surface area contributed by atoms with E-state index in [0.29, 0.717) is 12.3 Å². The maximum Gasteiger partial charge on any atom is 0.340 e. The molecule has 1 N–H and O–H groups in total. The van der Waals surface area contributed by atoms with E-state index in [2.05, 4.69) is 21.2 Å². The summed E-state index contributed by atoms with van der Waals surface area (Å²) in [4.78, 5) is 38.0. The summed E-state index contributed by atoms with van der Waals surface area (Å²) in [5.41, 5.74) is 1.16. The number of halogens is 1. The third kappa shape index (κ3) is 5.96. The van der Waals surface area contributed by atoms with Gasteiger partial charge in [0, 0.05) is 37.1 Å². The molecule has 0 spiro atoms. The summed E-state index contributed by atoms with van der Waals surface area (Å²) in [5, 5.41) is 2.55. The number of benzene rings is 2. The summed E-state index contributed by atoms with van der Waals surface area (Å²) < 4.78 is 16.5. The van der Waals surface area contributed by atoms with Crippen LogP contribution in [0, 0.1) is 0 Å². The highest BCUT2D eigenvalue weighted by molar-refractivity contribution is 9.10. The van der Waals surface area contributed by atoms with E-state index in [-0.39, 0.29) is 28.8 Å². The van der Waals surface area contributed by atoms with Crippen molar-refractivity contribution in [2.45, 2.75) is 13.5 Å². The fraction of sp³-hybridized carbons (Fsp3) is 0.286. The molecule has 0 saturated carbocycles. The molecule has 0 unspecified atom stereocenters. The first kappa shape index (κ1) is 23.2. The second-order valence-electron chi connectivity index (χ2n) is 6.35. The van der Waals surface area contributed by atoms with Gasteiger partial charge in [0.05, 0.1) is 25.5 Å². The Hall–Kier alpha value is -3.07. The topological polar surface area (TPSA) is 94.2 Å². The molecule has 0 heterocycles. The van der Waals surface area contributed by atoms with Crippen LogP contribution < -0.4 is 14.8 Å². The van der Waals surface area contributed by atoms with Crippen LogP contribution >= 0.6 is 15.9 Å². The second kappa shape index (κ2) is 10.6. The van der Waals surface area contributed by atoms with Crippen molar-refractivity contribution >= 4 is 39.4 Å². The molecule has 2 rings (SSSR count). The van der Waals surface area contributed by atoms with E-state index in [1.54, 1.807) is 7.05 Å². The molecular weight excluding hydrogens is 456 g/mol. The largest absolute Gasteiger partial charge is 0.493 e. The Kier molecular flexibility index (Phi) is 8.23. The van der Waals surface area contributed by atoms with E-state index < -0.39 is 12.6 Å². The van der Waals surface area contributed by atoms with E-state index in [4.69, 9.17) is 14.2 Å². The highest BCUT2D eigenvalue weighted by Gasteiger charge is 2.21. The van der Waals surface area contributed by atoms with Crippen molar-refractivity contribution < 1.29 is 28.6 Å². The molecule has 2 aromatic carbocycles. The summed E-state index contributed by atoms with van der Waals surface area (Å²) in [7, 11) is 4.48. The van der Waals surface area contributed by atoms with Gasteiger partial charge in [-0.1, -0.05) is 34.1 Å². The lowest BCUT2D eigenvalue weighted by atomic mass is 10.1. The lowest BCUT2D eigenvalue weighted by molar-refractivity contribution is -0.133. The summed E-state index contributed by atoms with van der Waals surface area (Å²) in [5.74, 6) is -0.901. The molecule has 0 aliphatic heterocycles. The molecule has 0 aliphatic carbocycles. The van der Waals surface area contributed by atoms with Crippen molar-refractivity contribution in [3.63, 3.8) is 0 Å². The molecular formula is C21H23BrN2O6. The van der Waals surface area contributed by atoms with Crippen LogP contribution in [0.15, 0.2) is 40.9 Å². The van der Waals surface area contributed by atoms with E-state index >= 15 is 0 Å². The zero-order valence-electron chi connectivity index (χ0n) is 17.2. The number of carbonyl (C=O) groups excluding carboxylic acids is 3. The fourth-order valence-corrected chi connectivity index (χ4v) is 3.04.